The fourth-order valence-electron chi connectivity index (χ4n) is 1.68. The maximum atomic E-state index is 5.78. The number of allylic oxidation sites excluding steroid dienone is 4. The van der Waals surface area contributed by atoms with Crippen LogP contribution < -0.4 is 9.47 Å². The average molecular weight is 216 g/mol. The van der Waals surface area contributed by atoms with E-state index in [4.69, 9.17) is 9.47 Å². The van der Waals surface area contributed by atoms with Crippen LogP contribution in [0.2, 0.25) is 0 Å². The summed E-state index contributed by atoms with van der Waals surface area (Å²) in [5, 5.41) is 0. The maximum absolute atomic E-state index is 5.78. The molecule has 0 bridgehead atoms. The van der Waals surface area contributed by atoms with Crippen LogP contribution in [0.1, 0.15) is 13.3 Å². The lowest BCUT2D eigenvalue weighted by Crippen LogP contribution is -2.03. The number of rotatable bonds is 3. The molecule has 0 spiro atoms. The van der Waals surface area contributed by atoms with Gasteiger partial charge in [-0.25, -0.2) is 0 Å². The Morgan fingerprint density at radius 3 is 2.44 bits per heavy atom. The van der Waals surface area contributed by atoms with E-state index < -0.39 is 0 Å². The quantitative estimate of drug-likeness (QED) is 0.769. The minimum Gasteiger partial charge on any atom is -0.497 e. The van der Waals surface area contributed by atoms with Crippen LogP contribution in [0.25, 0.3) is 0 Å². The predicted molar refractivity (Wildman–Crippen MR) is 64.6 cm³/mol. The van der Waals surface area contributed by atoms with Crippen molar-refractivity contribution in [3.63, 3.8) is 0 Å². The third-order valence-electron chi connectivity index (χ3n) is 2.55. The Morgan fingerprint density at radius 1 is 1.12 bits per heavy atom. The first-order valence-electron chi connectivity index (χ1n) is 5.47. The van der Waals surface area contributed by atoms with E-state index in [1.54, 1.807) is 7.11 Å². The summed E-state index contributed by atoms with van der Waals surface area (Å²) in [6, 6.07) is 7.64. The van der Waals surface area contributed by atoms with E-state index in [1.165, 1.54) is 0 Å². The van der Waals surface area contributed by atoms with E-state index in [0.717, 1.165) is 23.7 Å². The molecule has 1 aromatic carbocycles. The molecule has 0 radical (unpaired) electrons. The van der Waals surface area contributed by atoms with Crippen LogP contribution in [0.15, 0.2) is 48.3 Å². The Balaban J connectivity index is 2.03. The lowest BCUT2D eigenvalue weighted by molar-refractivity contribution is 0.381. The van der Waals surface area contributed by atoms with Crippen molar-refractivity contribution in [3.05, 3.63) is 48.3 Å². The third-order valence-corrected chi connectivity index (χ3v) is 2.55. The van der Waals surface area contributed by atoms with E-state index in [-0.39, 0.29) is 0 Å². The molecule has 0 aliphatic heterocycles. The van der Waals surface area contributed by atoms with Crippen LogP contribution in [-0.4, -0.2) is 7.11 Å². The summed E-state index contributed by atoms with van der Waals surface area (Å²) in [5.74, 6) is 3.27. The molecule has 1 aromatic rings. The van der Waals surface area contributed by atoms with E-state index in [0.29, 0.717) is 5.92 Å². The molecule has 0 fully saturated rings. The van der Waals surface area contributed by atoms with E-state index in [9.17, 15) is 0 Å². The monoisotopic (exact) mass is 216 g/mol. The first kappa shape index (κ1) is 10.8. The van der Waals surface area contributed by atoms with Crippen molar-refractivity contribution in [1.82, 2.24) is 0 Å². The molecule has 16 heavy (non-hydrogen) atoms. The summed E-state index contributed by atoms with van der Waals surface area (Å²) in [5.41, 5.74) is 0. The first-order valence-corrected chi connectivity index (χ1v) is 5.47. The van der Waals surface area contributed by atoms with Gasteiger partial charge in [0.15, 0.2) is 0 Å². The van der Waals surface area contributed by atoms with Crippen molar-refractivity contribution in [2.45, 2.75) is 13.3 Å². The molecule has 0 saturated carbocycles. The molecular formula is C14H16O2. The summed E-state index contributed by atoms with van der Waals surface area (Å²) < 4.78 is 10.9. The van der Waals surface area contributed by atoms with Gasteiger partial charge in [0.2, 0.25) is 0 Å². The molecule has 0 amide bonds. The molecule has 1 atom stereocenters. The maximum Gasteiger partial charge on any atom is 0.127 e. The molecule has 84 valence electrons. The number of ether oxygens (including phenoxy) is 2. The SMILES string of the molecule is COc1ccc(OC2=CC=CC(C)C2)cc1. The van der Waals surface area contributed by atoms with Crippen LogP contribution in [-0.2, 0) is 0 Å². The normalized spacial score (nSPS) is 19.1. The number of hydrogen-bond acceptors (Lipinski definition) is 2. The van der Waals surface area contributed by atoms with Gasteiger partial charge in [0.25, 0.3) is 0 Å². The van der Waals surface area contributed by atoms with Gasteiger partial charge in [-0.1, -0.05) is 19.1 Å². The Bertz CT molecular complexity index is 401. The average Bonchev–Trinajstić information content (AvgIpc) is 2.30. The molecule has 0 N–H and O–H groups in total. The third kappa shape index (κ3) is 2.66. The molecular weight excluding hydrogens is 200 g/mol. The predicted octanol–water partition coefficient (Wildman–Crippen LogP) is 3.55. The molecule has 0 aromatic heterocycles. The van der Waals surface area contributed by atoms with Gasteiger partial charge in [0, 0.05) is 6.42 Å². The van der Waals surface area contributed by atoms with Crippen molar-refractivity contribution < 1.29 is 9.47 Å². The zero-order valence-electron chi connectivity index (χ0n) is 9.64. The minimum absolute atomic E-state index is 0.554. The zero-order chi connectivity index (χ0) is 11.4. The van der Waals surface area contributed by atoms with E-state index in [1.807, 2.05) is 36.4 Å². The second kappa shape index (κ2) is 4.88. The Kier molecular flexibility index (Phi) is 3.30. The Morgan fingerprint density at radius 2 is 1.81 bits per heavy atom. The molecule has 0 saturated heterocycles. The van der Waals surface area contributed by atoms with Crippen molar-refractivity contribution in [2.24, 2.45) is 5.92 Å². The molecule has 0 heterocycles. The van der Waals surface area contributed by atoms with Gasteiger partial charge < -0.3 is 9.47 Å². The van der Waals surface area contributed by atoms with Gasteiger partial charge in [0.05, 0.1) is 7.11 Å². The van der Waals surface area contributed by atoms with Crippen LogP contribution in [0, 0.1) is 5.92 Å². The van der Waals surface area contributed by atoms with Crippen molar-refractivity contribution in [2.75, 3.05) is 7.11 Å². The summed E-state index contributed by atoms with van der Waals surface area (Å²) >= 11 is 0. The van der Waals surface area contributed by atoms with Crippen molar-refractivity contribution in [3.8, 4) is 11.5 Å². The van der Waals surface area contributed by atoms with E-state index in [2.05, 4.69) is 13.0 Å². The summed E-state index contributed by atoms with van der Waals surface area (Å²) in [4.78, 5) is 0. The largest absolute Gasteiger partial charge is 0.497 e. The van der Waals surface area contributed by atoms with Crippen molar-refractivity contribution in [1.29, 1.82) is 0 Å². The van der Waals surface area contributed by atoms with Crippen LogP contribution in [0.3, 0.4) is 0 Å². The highest BCUT2D eigenvalue weighted by Crippen LogP contribution is 2.24. The van der Waals surface area contributed by atoms with Crippen LogP contribution >= 0.6 is 0 Å². The molecule has 2 nitrogen and oxygen atoms in total. The lowest BCUT2D eigenvalue weighted by atomic mass is 10.0. The Hall–Kier alpha value is -1.70. The van der Waals surface area contributed by atoms with Gasteiger partial charge in [0.1, 0.15) is 17.3 Å². The van der Waals surface area contributed by atoms with Gasteiger partial charge in [-0.3, -0.25) is 0 Å². The van der Waals surface area contributed by atoms with Gasteiger partial charge >= 0.3 is 0 Å². The molecule has 1 unspecified atom stereocenters. The second-order valence-electron chi connectivity index (χ2n) is 3.98. The highest BCUT2D eigenvalue weighted by atomic mass is 16.5. The second-order valence-corrected chi connectivity index (χ2v) is 3.98. The highest BCUT2D eigenvalue weighted by Gasteiger charge is 2.08. The topological polar surface area (TPSA) is 18.5 Å². The summed E-state index contributed by atoms with van der Waals surface area (Å²) in [6.07, 6.45) is 7.21. The number of methoxy groups -OCH3 is 1. The number of benzene rings is 1. The fourth-order valence-corrected chi connectivity index (χ4v) is 1.68. The molecule has 2 heteroatoms. The van der Waals surface area contributed by atoms with Crippen LogP contribution in [0.4, 0.5) is 0 Å². The zero-order valence-corrected chi connectivity index (χ0v) is 9.64. The lowest BCUT2D eigenvalue weighted by Gasteiger charge is -2.15. The summed E-state index contributed by atoms with van der Waals surface area (Å²) in [7, 11) is 1.66. The molecule has 1 aliphatic carbocycles. The smallest absolute Gasteiger partial charge is 0.127 e. The molecule has 2 rings (SSSR count). The Labute approximate surface area is 96.2 Å². The van der Waals surface area contributed by atoms with Crippen LogP contribution in [0.5, 0.6) is 11.5 Å². The van der Waals surface area contributed by atoms with Gasteiger partial charge in [-0.05, 0) is 36.3 Å². The first-order chi connectivity index (χ1) is 7.78. The molecule has 1 aliphatic rings. The van der Waals surface area contributed by atoms with Gasteiger partial charge in [-0.2, -0.15) is 0 Å². The fraction of sp³-hybridized carbons (Fsp3) is 0.286. The summed E-state index contributed by atoms with van der Waals surface area (Å²) in [6.45, 7) is 2.18. The minimum atomic E-state index is 0.554. The van der Waals surface area contributed by atoms with Crippen molar-refractivity contribution >= 4 is 0 Å². The van der Waals surface area contributed by atoms with E-state index >= 15 is 0 Å². The highest BCUT2D eigenvalue weighted by molar-refractivity contribution is 5.33. The van der Waals surface area contributed by atoms with Gasteiger partial charge in [-0.15, -0.1) is 0 Å². The number of hydrogen-bond donors (Lipinski definition) is 0. The standard InChI is InChI=1S/C14H16O2/c1-11-4-3-5-14(10-11)16-13-8-6-12(15-2)7-9-13/h3-9,11H,10H2,1-2H3.